The van der Waals surface area contributed by atoms with Gasteiger partial charge < -0.3 is 10.1 Å². The van der Waals surface area contributed by atoms with Crippen LogP contribution in [0.25, 0.3) is 0 Å². The quantitative estimate of drug-likeness (QED) is 0.776. The summed E-state index contributed by atoms with van der Waals surface area (Å²) in [5.74, 6) is 0.958. The molecule has 0 fully saturated rings. The fourth-order valence-electron chi connectivity index (χ4n) is 2.02. The number of hydrogen-bond donors (Lipinski definition) is 1. The van der Waals surface area contributed by atoms with Crippen LogP contribution in [0, 0.1) is 0 Å². The van der Waals surface area contributed by atoms with Crippen molar-refractivity contribution in [3.63, 3.8) is 0 Å². The highest BCUT2D eigenvalue weighted by molar-refractivity contribution is 5.67. The Morgan fingerprint density at radius 1 is 1.50 bits per heavy atom. The van der Waals surface area contributed by atoms with Crippen LogP contribution in [0.5, 0.6) is 5.75 Å². The molecule has 0 saturated heterocycles. The standard InChI is InChI=1S/C12H17NO/c1-4-12(2)8-9-6-5-7-10(14-3)11(9)13-12/h5-7,13H,4,8H2,1-3H3. The van der Waals surface area contributed by atoms with Gasteiger partial charge >= 0.3 is 0 Å². The van der Waals surface area contributed by atoms with Crippen molar-refractivity contribution in [3.8, 4) is 5.75 Å². The predicted octanol–water partition coefficient (Wildman–Crippen LogP) is 2.83. The minimum absolute atomic E-state index is 0.205. The van der Waals surface area contributed by atoms with E-state index in [4.69, 9.17) is 4.74 Å². The molecule has 1 aromatic carbocycles. The average Bonchev–Trinajstić information content (AvgIpc) is 2.54. The van der Waals surface area contributed by atoms with Gasteiger partial charge in [-0.15, -0.1) is 0 Å². The van der Waals surface area contributed by atoms with Gasteiger partial charge in [-0.2, -0.15) is 0 Å². The molecular weight excluding hydrogens is 174 g/mol. The molecule has 1 aliphatic heterocycles. The summed E-state index contributed by atoms with van der Waals surface area (Å²) < 4.78 is 5.33. The molecule has 2 nitrogen and oxygen atoms in total. The Hall–Kier alpha value is -1.18. The van der Waals surface area contributed by atoms with Crippen molar-refractivity contribution in [2.75, 3.05) is 12.4 Å². The van der Waals surface area contributed by atoms with Crippen LogP contribution in [0.2, 0.25) is 0 Å². The number of fused-ring (bicyclic) bond motifs is 1. The van der Waals surface area contributed by atoms with Crippen molar-refractivity contribution in [2.45, 2.75) is 32.2 Å². The van der Waals surface area contributed by atoms with Crippen LogP contribution in [0.3, 0.4) is 0 Å². The highest BCUT2D eigenvalue weighted by Gasteiger charge is 2.31. The third-order valence-corrected chi connectivity index (χ3v) is 3.12. The Balaban J connectivity index is 2.39. The molecule has 76 valence electrons. The van der Waals surface area contributed by atoms with E-state index in [0.29, 0.717) is 0 Å². The molecule has 2 rings (SSSR count). The van der Waals surface area contributed by atoms with Crippen LogP contribution in [-0.2, 0) is 6.42 Å². The van der Waals surface area contributed by atoms with E-state index < -0.39 is 0 Å². The molecule has 2 heteroatoms. The first-order valence-corrected chi connectivity index (χ1v) is 5.12. The van der Waals surface area contributed by atoms with Crippen LogP contribution in [-0.4, -0.2) is 12.6 Å². The van der Waals surface area contributed by atoms with Gasteiger partial charge in [0.05, 0.1) is 12.8 Å². The summed E-state index contributed by atoms with van der Waals surface area (Å²) in [6.45, 7) is 4.47. The number of ether oxygens (including phenoxy) is 1. The van der Waals surface area contributed by atoms with Crippen molar-refractivity contribution in [2.24, 2.45) is 0 Å². The molecular formula is C12H17NO. The summed E-state index contributed by atoms with van der Waals surface area (Å²) in [5, 5.41) is 3.56. The van der Waals surface area contributed by atoms with E-state index in [-0.39, 0.29) is 5.54 Å². The largest absolute Gasteiger partial charge is 0.495 e. The zero-order valence-corrected chi connectivity index (χ0v) is 9.05. The van der Waals surface area contributed by atoms with Crippen molar-refractivity contribution in [1.82, 2.24) is 0 Å². The van der Waals surface area contributed by atoms with E-state index in [1.165, 1.54) is 11.3 Å². The number of methoxy groups -OCH3 is 1. The van der Waals surface area contributed by atoms with Gasteiger partial charge in [0.25, 0.3) is 0 Å². The lowest BCUT2D eigenvalue weighted by Gasteiger charge is -2.23. The number of nitrogens with one attached hydrogen (secondary N) is 1. The summed E-state index contributed by atoms with van der Waals surface area (Å²) in [6.07, 6.45) is 2.22. The topological polar surface area (TPSA) is 21.3 Å². The first-order valence-electron chi connectivity index (χ1n) is 5.12. The number of anilines is 1. The lowest BCUT2D eigenvalue weighted by Crippen LogP contribution is -2.30. The molecule has 1 heterocycles. The third-order valence-electron chi connectivity index (χ3n) is 3.12. The highest BCUT2D eigenvalue weighted by atomic mass is 16.5. The number of benzene rings is 1. The summed E-state index contributed by atoms with van der Waals surface area (Å²) in [7, 11) is 1.72. The fraction of sp³-hybridized carbons (Fsp3) is 0.500. The van der Waals surface area contributed by atoms with Gasteiger partial charge in [-0.05, 0) is 31.4 Å². The van der Waals surface area contributed by atoms with Crippen LogP contribution in [0.1, 0.15) is 25.8 Å². The molecule has 1 atom stereocenters. The predicted molar refractivity (Wildman–Crippen MR) is 59.0 cm³/mol. The van der Waals surface area contributed by atoms with Crippen LogP contribution < -0.4 is 10.1 Å². The van der Waals surface area contributed by atoms with Crippen LogP contribution >= 0.6 is 0 Å². The summed E-state index contributed by atoms with van der Waals surface area (Å²) in [5.41, 5.74) is 2.75. The molecule has 0 aliphatic carbocycles. The van der Waals surface area contributed by atoms with E-state index in [2.05, 4.69) is 31.3 Å². The smallest absolute Gasteiger partial charge is 0.142 e. The van der Waals surface area contributed by atoms with Crippen molar-refractivity contribution >= 4 is 5.69 Å². The van der Waals surface area contributed by atoms with Crippen molar-refractivity contribution in [3.05, 3.63) is 23.8 Å². The van der Waals surface area contributed by atoms with Gasteiger partial charge in [-0.3, -0.25) is 0 Å². The second-order valence-electron chi connectivity index (χ2n) is 4.21. The summed E-state index contributed by atoms with van der Waals surface area (Å²) >= 11 is 0. The van der Waals surface area contributed by atoms with Crippen LogP contribution in [0.4, 0.5) is 5.69 Å². The fourth-order valence-corrected chi connectivity index (χ4v) is 2.02. The average molecular weight is 191 g/mol. The lowest BCUT2D eigenvalue weighted by atomic mass is 9.95. The Kier molecular flexibility index (Phi) is 2.14. The number of rotatable bonds is 2. The molecule has 0 spiro atoms. The van der Waals surface area contributed by atoms with Gasteiger partial charge in [0.15, 0.2) is 0 Å². The molecule has 0 saturated carbocycles. The first kappa shape index (κ1) is 9.38. The Labute approximate surface area is 85.3 Å². The molecule has 1 N–H and O–H groups in total. The van der Waals surface area contributed by atoms with Gasteiger partial charge in [0.1, 0.15) is 5.75 Å². The molecule has 0 radical (unpaired) electrons. The number of hydrogen-bond acceptors (Lipinski definition) is 2. The van der Waals surface area contributed by atoms with E-state index in [0.717, 1.165) is 18.6 Å². The van der Waals surface area contributed by atoms with Gasteiger partial charge in [-0.1, -0.05) is 19.1 Å². The molecule has 0 amide bonds. The highest BCUT2D eigenvalue weighted by Crippen LogP contribution is 2.40. The minimum Gasteiger partial charge on any atom is -0.495 e. The Bertz CT molecular complexity index is 348. The van der Waals surface area contributed by atoms with Gasteiger partial charge in [-0.25, -0.2) is 0 Å². The van der Waals surface area contributed by atoms with Gasteiger partial charge in [0.2, 0.25) is 0 Å². The summed E-state index contributed by atoms with van der Waals surface area (Å²) in [4.78, 5) is 0. The maximum atomic E-state index is 5.33. The van der Waals surface area contributed by atoms with Crippen LogP contribution in [0.15, 0.2) is 18.2 Å². The normalized spacial score (nSPS) is 24.2. The zero-order valence-electron chi connectivity index (χ0n) is 9.05. The monoisotopic (exact) mass is 191 g/mol. The lowest BCUT2D eigenvalue weighted by molar-refractivity contribution is 0.415. The Morgan fingerprint density at radius 3 is 2.93 bits per heavy atom. The van der Waals surface area contributed by atoms with Gasteiger partial charge in [0, 0.05) is 5.54 Å². The van der Waals surface area contributed by atoms with E-state index >= 15 is 0 Å². The summed E-state index contributed by atoms with van der Waals surface area (Å²) in [6, 6.07) is 6.24. The molecule has 1 aliphatic rings. The molecule has 14 heavy (non-hydrogen) atoms. The van der Waals surface area contributed by atoms with E-state index in [9.17, 15) is 0 Å². The SMILES string of the molecule is CCC1(C)Cc2cccc(OC)c2N1. The second-order valence-corrected chi connectivity index (χ2v) is 4.21. The minimum atomic E-state index is 0.205. The first-order chi connectivity index (χ1) is 6.68. The molecule has 1 aromatic rings. The Morgan fingerprint density at radius 2 is 2.29 bits per heavy atom. The van der Waals surface area contributed by atoms with E-state index in [1.807, 2.05) is 6.07 Å². The third kappa shape index (κ3) is 1.35. The molecule has 0 bridgehead atoms. The number of para-hydroxylation sites is 1. The zero-order chi connectivity index (χ0) is 10.2. The second kappa shape index (κ2) is 3.19. The maximum absolute atomic E-state index is 5.33. The van der Waals surface area contributed by atoms with Crippen molar-refractivity contribution in [1.29, 1.82) is 0 Å². The van der Waals surface area contributed by atoms with E-state index in [1.54, 1.807) is 7.11 Å². The maximum Gasteiger partial charge on any atom is 0.142 e. The molecule has 0 aromatic heterocycles. The van der Waals surface area contributed by atoms with Crippen molar-refractivity contribution < 1.29 is 4.74 Å². The molecule has 1 unspecified atom stereocenters.